The SMILES string of the molecule is CC(C)(C)CC(O)CNCc1csc(C(=O)O)n1. The predicted octanol–water partition coefficient (Wildman–Crippen LogP) is 1.73. The van der Waals surface area contributed by atoms with Crippen molar-refractivity contribution in [3.05, 3.63) is 16.1 Å². The fourth-order valence-corrected chi connectivity index (χ4v) is 2.29. The van der Waals surface area contributed by atoms with E-state index in [0.29, 0.717) is 18.8 Å². The first-order chi connectivity index (χ1) is 8.28. The molecule has 1 unspecified atom stereocenters. The van der Waals surface area contributed by atoms with Crippen LogP contribution < -0.4 is 5.32 Å². The van der Waals surface area contributed by atoms with Crippen molar-refractivity contribution in [2.45, 2.75) is 39.8 Å². The standard InChI is InChI=1S/C12H20N2O3S/c1-12(2,3)4-9(15)6-13-5-8-7-18-10(14-8)11(16)17/h7,9,13,15H,4-6H2,1-3H3,(H,16,17). The third kappa shape index (κ3) is 5.57. The van der Waals surface area contributed by atoms with Crippen molar-refractivity contribution in [3.63, 3.8) is 0 Å². The number of aromatic nitrogens is 1. The monoisotopic (exact) mass is 272 g/mol. The number of aromatic carboxylic acids is 1. The molecular weight excluding hydrogens is 252 g/mol. The lowest BCUT2D eigenvalue weighted by Crippen LogP contribution is -2.29. The first-order valence-corrected chi connectivity index (χ1v) is 6.72. The number of aliphatic hydroxyl groups is 1. The maximum atomic E-state index is 10.6. The summed E-state index contributed by atoms with van der Waals surface area (Å²) < 4.78 is 0. The molecule has 1 aromatic rings. The Kier molecular flexibility index (Phi) is 5.25. The molecule has 1 atom stereocenters. The van der Waals surface area contributed by atoms with Crippen molar-refractivity contribution in [2.75, 3.05) is 6.54 Å². The highest BCUT2D eigenvalue weighted by molar-refractivity contribution is 7.11. The fourth-order valence-electron chi connectivity index (χ4n) is 1.63. The van der Waals surface area contributed by atoms with E-state index >= 15 is 0 Å². The molecule has 0 saturated heterocycles. The Morgan fingerprint density at radius 2 is 2.22 bits per heavy atom. The molecule has 0 radical (unpaired) electrons. The van der Waals surface area contributed by atoms with Gasteiger partial charge in [-0.3, -0.25) is 0 Å². The number of nitrogens with one attached hydrogen (secondary N) is 1. The van der Waals surface area contributed by atoms with Crippen LogP contribution in [0.15, 0.2) is 5.38 Å². The number of nitrogens with zero attached hydrogens (tertiary/aromatic N) is 1. The number of carboxylic acid groups (broad SMARTS) is 1. The molecule has 0 aliphatic carbocycles. The predicted molar refractivity (Wildman–Crippen MR) is 70.9 cm³/mol. The Hall–Kier alpha value is -0.980. The molecule has 5 nitrogen and oxygen atoms in total. The van der Waals surface area contributed by atoms with E-state index in [1.807, 2.05) is 0 Å². The fraction of sp³-hybridized carbons (Fsp3) is 0.667. The van der Waals surface area contributed by atoms with Crippen LogP contribution in [0.1, 0.15) is 42.7 Å². The number of hydrogen-bond donors (Lipinski definition) is 3. The smallest absolute Gasteiger partial charge is 0.365 e. The Balaban J connectivity index is 2.31. The zero-order valence-corrected chi connectivity index (χ0v) is 11.8. The summed E-state index contributed by atoms with van der Waals surface area (Å²) in [5, 5.41) is 23.4. The minimum atomic E-state index is -1.00. The van der Waals surface area contributed by atoms with Gasteiger partial charge >= 0.3 is 5.97 Å². The Labute approximate surface area is 111 Å². The topological polar surface area (TPSA) is 82.5 Å². The van der Waals surface area contributed by atoms with E-state index in [-0.39, 0.29) is 10.4 Å². The zero-order valence-electron chi connectivity index (χ0n) is 10.9. The maximum Gasteiger partial charge on any atom is 0.365 e. The molecule has 0 aromatic carbocycles. The van der Waals surface area contributed by atoms with Gasteiger partial charge in [0.2, 0.25) is 5.01 Å². The van der Waals surface area contributed by atoms with E-state index in [2.05, 4.69) is 31.1 Å². The van der Waals surface area contributed by atoms with Crippen LogP contribution in [-0.2, 0) is 6.54 Å². The molecule has 1 heterocycles. The third-order valence-electron chi connectivity index (χ3n) is 2.27. The van der Waals surface area contributed by atoms with Crippen molar-refractivity contribution in [1.29, 1.82) is 0 Å². The molecule has 6 heteroatoms. The van der Waals surface area contributed by atoms with Crippen LogP contribution in [0, 0.1) is 5.41 Å². The van der Waals surface area contributed by atoms with Gasteiger partial charge in [-0.15, -0.1) is 11.3 Å². The Morgan fingerprint density at radius 1 is 1.56 bits per heavy atom. The quantitative estimate of drug-likeness (QED) is 0.734. The number of carboxylic acids is 1. The van der Waals surface area contributed by atoms with Crippen LogP contribution in [0.3, 0.4) is 0 Å². The number of aliphatic hydroxyl groups excluding tert-OH is 1. The van der Waals surface area contributed by atoms with Crippen LogP contribution in [0.4, 0.5) is 0 Å². The summed E-state index contributed by atoms with van der Waals surface area (Å²) in [4.78, 5) is 14.6. The van der Waals surface area contributed by atoms with Crippen molar-refractivity contribution < 1.29 is 15.0 Å². The summed E-state index contributed by atoms with van der Waals surface area (Å²) in [7, 11) is 0. The second kappa shape index (κ2) is 6.26. The maximum absolute atomic E-state index is 10.6. The highest BCUT2D eigenvalue weighted by Gasteiger charge is 2.16. The summed E-state index contributed by atoms with van der Waals surface area (Å²) in [5.41, 5.74) is 0.790. The van der Waals surface area contributed by atoms with Gasteiger partial charge in [0.25, 0.3) is 0 Å². The van der Waals surface area contributed by atoms with Gasteiger partial charge in [0.1, 0.15) is 0 Å². The average Bonchev–Trinajstić information content (AvgIpc) is 2.63. The molecule has 1 aromatic heterocycles. The molecule has 1 rings (SSSR count). The number of carbonyl (C=O) groups is 1. The van der Waals surface area contributed by atoms with Crippen LogP contribution in [0.2, 0.25) is 0 Å². The molecule has 0 bridgehead atoms. The van der Waals surface area contributed by atoms with Crippen LogP contribution in [0.25, 0.3) is 0 Å². The molecule has 0 spiro atoms. The molecule has 0 aliphatic rings. The molecule has 18 heavy (non-hydrogen) atoms. The minimum absolute atomic E-state index is 0.0954. The van der Waals surface area contributed by atoms with Gasteiger partial charge in [0, 0.05) is 18.5 Å². The van der Waals surface area contributed by atoms with Gasteiger partial charge in [-0.25, -0.2) is 9.78 Å². The Bertz CT molecular complexity index is 398. The summed E-state index contributed by atoms with van der Waals surface area (Å²) in [6, 6.07) is 0. The highest BCUT2D eigenvalue weighted by Crippen LogP contribution is 2.20. The van der Waals surface area contributed by atoms with Crippen molar-refractivity contribution in [1.82, 2.24) is 10.3 Å². The first-order valence-electron chi connectivity index (χ1n) is 5.84. The Morgan fingerprint density at radius 3 is 2.72 bits per heavy atom. The van der Waals surface area contributed by atoms with Crippen molar-refractivity contribution in [3.8, 4) is 0 Å². The largest absolute Gasteiger partial charge is 0.476 e. The van der Waals surface area contributed by atoms with E-state index in [9.17, 15) is 9.90 Å². The number of rotatable bonds is 6. The minimum Gasteiger partial charge on any atom is -0.476 e. The molecule has 0 aliphatic heterocycles. The lowest BCUT2D eigenvalue weighted by molar-refractivity contribution is 0.0696. The van der Waals surface area contributed by atoms with E-state index < -0.39 is 12.1 Å². The van der Waals surface area contributed by atoms with E-state index in [0.717, 1.165) is 17.8 Å². The van der Waals surface area contributed by atoms with Gasteiger partial charge < -0.3 is 15.5 Å². The van der Waals surface area contributed by atoms with Gasteiger partial charge in [-0.2, -0.15) is 0 Å². The second-order valence-corrected chi connectivity index (χ2v) is 6.36. The number of thiazole rings is 1. The molecule has 3 N–H and O–H groups in total. The first kappa shape index (κ1) is 15.1. The number of hydrogen-bond acceptors (Lipinski definition) is 5. The lowest BCUT2D eigenvalue weighted by atomic mass is 9.89. The van der Waals surface area contributed by atoms with Crippen LogP contribution in [-0.4, -0.2) is 33.8 Å². The summed E-state index contributed by atoms with van der Waals surface area (Å²) >= 11 is 1.11. The molecular formula is C12H20N2O3S. The molecule has 0 saturated carbocycles. The van der Waals surface area contributed by atoms with Crippen LogP contribution in [0.5, 0.6) is 0 Å². The zero-order chi connectivity index (χ0) is 13.8. The second-order valence-electron chi connectivity index (χ2n) is 5.50. The van der Waals surface area contributed by atoms with E-state index in [1.54, 1.807) is 5.38 Å². The van der Waals surface area contributed by atoms with E-state index in [1.165, 1.54) is 0 Å². The summed E-state index contributed by atoms with van der Waals surface area (Å²) in [6.45, 7) is 7.20. The third-order valence-corrected chi connectivity index (χ3v) is 3.15. The van der Waals surface area contributed by atoms with Gasteiger partial charge in [0.05, 0.1) is 11.8 Å². The van der Waals surface area contributed by atoms with Gasteiger partial charge in [-0.1, -0.05) is 20.8 Å². The summed E-state index contributed by atoms with van der Waals surface area (Å²) in [6.07, 6.45) is 0.319. The molecule has 0 fully saturated rings. The molecule has 102 valence electrons. The van der Waals surface area contributed by atoms with Gasteiger partial charge in [0.15, 0.2) is 0 Å². The van der Waals surface area contributed by atoms with Crippen molar-refractivity contribution in [2.24, 2.45) is 5.41 Å². The lowest BCUT2D eigenvalue weighted by Gasteiger charge is -2.22. The van der Waals surface area contributed by atoms with Crippen LogP contribution >= 0.6 is 11.3 Å². The molecule has 0 amide bonds. The van der Waals surface area contributed by atoms with Gasteiger partial charge in [-0.05, 0) is 11.8 Å². The van der Waals surface area contributed by atoms with Crippen molar-refractivity contribution >= 4 is 17.3 Å². The highest BCUT2D eigenvalue weighted by atomic mass is 32.1. The van der Waals surface area contributed by atoms with E-state index in [4.69, 9.17) is 5.11 Å². The normalized spacial score (nSPS) is 13.6. The average molecular weight is 272 g/mol. The summed E-state index contributed by atoms with van der Waals surface area (Å²) in [5.74, 6) is -1.00.